The van der Waals surface area contributed by atoms with Crippen molar-refractivity contribution in [3.8, 4) is 5.75 Å². The van der Waals surface area contributed by atoms with E-state index >= 15 is 0 Å². The molecule has 1 saturated heterocycles. The Morgan fingerprint density at radius 1 is 1.09 bits per heavy atom. The van der Waals surface area contributed by atoms with Crippen LogP contribution in [0.1, 0.15) is 62.4 Å². The third-order valence-electron chi connectivity index (χ3n) is 7.18. The Bertz CT molecular complexity index is 1120. The molecule has 0 aromatic heterocycles. The van der Waals surface area contributed by atoms with Crippen LogP contribution in [0, 0.1) is 0 Å². The van der Waals surface area contributed by atoms with Gasteiger partial charge in [0.25, 0.3) is 11.7 Å². The van der Waals surface area contributed by atoms with Crippen LogP contribution < -0.4 is 4.74 Å². The number of fused-ring (bicyclic) bond motifs is 1. The molecular weight excluding hydrogens is 440 g/mol. The summed E-state index contributed by atoms with van der Waals surface area (Å²) < 4.78 is 5.79. The normalized spacial score (nSPS) is 21.0. The van der Waals surface area contributed by atoms with E-state index in [0.717, 1.165) is 55.8 Å². The predicted octanol–water partition coefficient (Wildman–Crippen LogP) is 4.73. The number of aliphatic hydroxyl groups is 1. The van der Waals surface area contributed by atoms with Gasteiger partial charge in [-0.25, -0.2) is 0 Å². The average Bonchev–Trinajstić information content (AvgIpc) is 3.37. The summed E-state index contributed by atoms with van der Waals surface area (Å²) in [5, 5.41) is 11.4. The van der Waals surface area contributed by atoms with Crippen LogP contribution in [0.15, 0.2) is 48.0 Å². The van der Waals surface area contributed by atoms with Gasteiger partial charge in [0.05, 0.1) is 11.6 Å². The number of carbonyl (C=O) groups excluding carboxylic acids is 2. The highest BCUT2D eigenvalue weighted by molar-refractivity contribution is 6.46. The van der Waals surface area contributed by atoms with Gasteiger partial charge in [-0.15, -0.1) is 0 Å². The lowest BCUT2D eigenvalue weighted by Crippen LogP contribution is -2.33. The molecule has 186 valence electrons. The number of aryl methyl sites for hydroxylation is 1. The molecule has 6 heteroatoms. The van der Waals surface area contributed by atoms with E-state index < -0.39 is 17.7 Å². The molecule has 2 aromatic rings. The molecule has 2 aliphatic rings. The van der Waals surface area contributed by atoms with Gasteiger partial charge in [0.2, 0.25) is 0 Å². The van der Waals surface area contributed by atoms with Crippen LogP contribution in [0.5, 0.6) is 5.75 Å². The van der Waals surface area contributed by atoms with E-state index in [4.69, 9.17) is 4.74 Å². The summed E-state index contributed by atoms with van der Waals surface area (Å²) in [7, 11) is 0. The van der Waals surface area contributed by atoms with Gasteiger partial charge in [-0.05, 0) is 74.3 Å². The second-order valence-corrected chi connectivity index (χ2v) is 9.42. The molecule has 1 fully saturated rings. The number of rotatable bonds is 9. The Labute approximate surface area is 208 Å². The first kappa shape index (κ1) is 25.0. The van der Waals surface area contributed by atoms with Gasteiger partial charge in [0, 0.05) is 18.5 Å². The van der Waals surface area contributed by atoms with E-state index in [2.05, 4.69) is 25.7 Å². The molecular formula is C29H36N2O4. The zero-order valence-electron chi connectivity index (χ0n) is 21.2. The number of aliphatic hydroxyl groups excluding tert-OH is 1. The standard InChI is InChI=1S/C29H36N2O4/c1-5-20-9-11-21(12-10-20)26-25(27(32)22-13-14-24-23(18-22)17-19(4)35-24)28(33)29(34)31(26)16-8-15-30(6-2)7-3/h9-14,18-19,26,32H,5-8,15-17H2,1-4H3/b27-25+/t19-,26+/m1/s1. The van der Waals surface area contributed by atoms with Crippen molar-refractivity contribution in [1.82, 2.24) is 9.80 Å². The van der Waals surface area contributed by atoms with E-state index in [1.165, 1.54) is 5.56 Å². The van der Waals surface area contributed by atoms with Crippen molar-refractivity contribution < 1.29 is 19.4 Å². The van der Waals surface area contributed by atoms with Gasteiger partial charge in [-0.2, -0.15) is 0 Å². The number of benzene rings is 2. The molecule has 6 nitrogen and oxygen atoms in total. The van der Waals surface area contributed by atoms with E-state index in [1.54, 1.807) is 11.0 Å². The maximum absolute atomic E-state index is 13.3. The predicted molar refractivity (Wildman–Crippen MR) is 137 cm³/mol. The summed E-state index contributed by atoms with van der Waals surface area (Å²) in [5.74, 6) is -0.493. The van der Waals surface area contributed by atoms with E-state index in [-0.39, 0.29) is 17.4 Å². The maximum Gasteiger partial charge on any atom is 0.295 e. The Morgan fingerprint density at radius 3 is 2.46 bits per heavy atom. The maximum atomic E-state index is 13.3. The van der Waals surface area contributed by atoms with Crippen LogP contribution in [0.4, 0.5) is 0 Å². The van der Waals surface area contributed by atoms with Crippen LogP contribution in [-0.2, 0) is 22.4 Å². The molecule has 0 bridgehead atoms. The number of hydrogen-bond acceptors (Lipinski definition) is 5. The zero-order valence-corrected chi connectivity index (χ0v) is 21.2. The fourth-order valence-corrected chi connectivity index (χ4v) is 5.12. The Kier molecular flexibility index (Phi) is 7.60. The zero-order chi connectivity index (χ0) is 25.1. The van der Waals surface area contributed by atoms with E-state index in [0.29, 0.717) is 12.1 Å². The fourth-order valence-electron chi connectivity index (χ4n) is 5.12. The molecule has 35 heavy (non-hydrogen) atoms. The molecule has 2 atom stereocenters. The lowest BCUT2D eigenvalue weighted by molar-refractivity contribution is -0.140. The molecule has 0 radical (unpaired) electrons. The molecule has 1 amide bonds. The van der Waals surface area contributed by atoms with Gasteiger partial charge in [-0.1, -0.05) is 45.0 Å². The number of likely N-dealkylation sites (tertiary alicyclic amines) is 1. The average molecular weight is 477 g/mol. The molecule has 2 aliphatic heterocycles. The second kappa shape index (κ2) is 10.6. The molecule has 0 aliphatic carbocycles. The topological polar surface area (TPSA) is 70.1 Å². The largest absolute Gasteiger partial charge is 0.507 e. The van der Waals surface area contributed by atoms with Crippen molar-refractivity contribution in [1.29, 1.82) is 0 Å². The van der Waals surface area contributed by atoms with E-state index in [9.17, 15) is 14.7 Å². The number of ketones is 1. The van der Waals surface area contributed by atoms with Gasteiger partial charge >= 0.3 is 0 Å². The number of hydrogen-bond donors (Lipinski definition) is 1. The van der Waals surface area contributed by atoms with Crippen molar-refractivity contribution >= 4 is 17.4 Å². The van der Waals surface area contributed by atoms with Crippen LogP contribution in [0.3, 0.4) is 0 Å². The SMILES string of the molecule is CCc1ccc([C@H]2/C(=C(\O)c3ccc4c(c3)C[C@@H](C)O4)C(=O)C(=O)N2CCCN(CC)CC)cc1. The van der Waals surface area contributed by atoms with Crippen molar-refractivity contribution in [3.05, 3.63) is 70.3 Å². The summed E-state index contributed by atoms with van der Waals surface area (Å²) in [6.45, 7) is 11.5. The van der Waals surface area contributed by atoms with Crippen LogP contribution in [-0.4, -0.2) is 58.9 Å². The highest BCUT2D eigenvalue weighted by atomic mass is 16.5. The lowest BCUT2D eigenvalue weighted by Gasteiger charge is -2.27. The van der Waals surface area contributed by atoms with Gasteiger partial charge in [0.1, 0.15) is 17.6 Å². The second-order valence-electron chi connectivity index (χ2n) is 9.42. The van der Waals surface area contributed by atoms with Crippen molar-refractivity contribution in [2.24, 2.45) is 0 Å². The molecule has 0 spiro atoms. The number of nitrogens with zero attached hydrogens (tertiary/aromatic N) is 2. The lowest BCUT2D eigenvalue weighted by atomic mass is 9.93. The number of carbonyl (C=O) groups is 2. The first-order valence-corrected chi connectivity index (χ1v) is 12.8. The summed E-state index contributed by atoms with van der Waals surface area (Å²) >= 11 is 0. The fraction of sp³-hybridized carbons (Fsp3) is 0.448. The molecule has 2 aromatic carbocycles. The van der Waals surface area contributed by atoms with Gasteiger partial charge < -0.3 is 19.6 Å². The third-order valence-corrected chi connectivity index (χ3v) is 7.18. The molecule has 0 unspecified atom stereocenters. The Hall–Kier alpha value is -3.12. The van der Waals surface area contributed by atoms with Crippen LogP contribution >= 0.6 is 0 Å². The third kappa shape index (κ3) is 4.98. The minimum atomic E-state index is -0.625. The van der Waals surface area contributed by atoms with Crippen LogP contribution in [0.2, 0.25) is 0 Å². The van der Waals surface area contributed by atoms with Gasteiger partial charge in [-0.3, -0.25) is 9.59 Å². The first-order chi connectivity index (χ1) is 16.9. The van der Waals surface area contributed by atoms with Gasteiger partial charge in [0.15, 0.2) is 0 Å². The van der Waals surface area contributed by atoms with Crippen molar-refractivity contribution in [2.75, 3.05) is 26.2 Å². The highest BCUT2D eigenvalue weighted by Gasteiger charge is 2.45. The number of ether oxygens (including phenoxy) is 1. The number of Topliss-reactive ketones (excluding diaryl/α,β-unsaturated/α-hetero) is 1. The highest BCUT2D eigenvalue weighted by Crippen LogP contribution is 2.40. The summed E-state index contributed by atoms with van der Waals surface area (Å²) in [4.78, 5) is 30.4. The van der Waals surface area contributed by atoms with Crippen molar-refractivity contribution in [3.63, 3.8) is 0 Å². The Balaban J connectivity index is 1.73. The summed E-state index contributed by atoms with van der Waals surface area (Å²) in [5.41, 5.74) is 3.72. The minimum Gasteiger partial charge on any atom is -0.507 e. The molecule has 2 heterocycles. The van der Waals surface area contributed by atoms with Crippen molar-refractivity contribution in [2.45, 2.75) is 59.1 Å². The quantitative estimate of drug-likeness (QED) is 0.322. The first-order valence-electron chi connectivity index (χ1n) is 12.8. The molecule has 1 N–H and O–H groups in total. The number of amides is 1. The Morgan fingerprint density at radius 2 is 1.80 bits per heavy atom. The van der Waals surface area contributed by atoms with E-state index in [1.807, 2.05) is 43.3 Å². The summed E-state index contributed by atoms with van der Waals surface area (Å²) in [6, 6.07) is 12.9. The summed E-state index contributed by atoms with van der Waals surface area (Å²) in [6.07, 6.45) is 2.49. The monoisotopic (exact) mass is 476 g/mol. The van der Waals surface area contributed by atoms with Crippen LogP contribution in [0.25, 0.3) is 5.76 Å². The molecule has 4 rings (SSSR count). The molecule has 0 saturated carbocycles. The smallest absolute Gasteiger partial charge is 0.295 e. The minimum absolute atomic E-state index is 0.0795.